The van der Waals surface area contributed by atoms with Gasteiger partial charge >= 0.3 is 0 Å². The van der Waals surface area contributed by atoms with Crippen LogP contribution in [0.4, 0.5) is 0 Å². The van der Waals surface area contributed by atoms with Crippen molar-refractivity contribution in [1.82, 2.24) is 5.32 Å². The summed E-state index contributed by atoms with van der Waals surface area (Å²) in [6, 6.07) is 1.64. The average Bonchev–Trinajstić information content (AvgIpc) is 2.53. The minimum atomic E-state index is -0.309. The molecule has 0 radical (unpaired) electrons. The molecule has 6 nitrogen and oxygen atoms in total. The van der Waals surface area contributed by atoms with Crippen LogP contribution in [-0.4, -0.2) is 23.5 Å². The predicted molar refractivity (Wildman–Crippen MR) is 53.9 cm³/mol. The number of hydrogen-bond donors (Lipinski definition) is 3. The zero-order valence-corrected chi connectivity index (χ0v) is 8.57. The summed E-state index contributed by atoms with van der Waals surface area (Å²) in [5.74, 6) is 0.850. The van der Waals surface area contributed by atoms with Gasteiger partial charge in [-0.3, -0.25) is 4.79 Å². The molecule has 0 aliphatic rings. The fraction of sp³-hybridized carbons (Fsp3) is 0.333. The Hall–Kier alpha value is -1.98. The van der Waals surface area contributed by atoms with E-state index in [1.165, 1.54) is 0 Å². The van der Waals surface area contributed by atoms with E-state index in [2.05, 4.69) is 10.5 Å². The number of amides is 1. The highest BCUT2D eigenvalue weighted by Crippen LogP contribution is 2.12. The third-order valence-corrected chi connectivity index (χ3v) is 1.84. The van der Waals surface area contributed by atoms with Crippen molar-refractivity contribution in [3.63, 3.8) is 0 Å². The van der Waals surface area contributed by atoms with Crippen LogP contribution in [0.2, 0.25) is 0 Å². The van der Waals surface area contributed by atoms with Crippen LogP contribution < -0.4 is 11.1 Å². The molecule has 4 N–H and O–H groups in total. The van der Waals surface area contributed by atoms with Crippen molar-refractivity contribution in [2.45, 2.75) is 13.8 Å². The number of carbonyl (C=O) groups is 1. The molecule has 1 amide bonds. The Morgan fingerprint density at radius 3 is 2.80 bits per heavy atom. The van der Waals surface area contributed by atoms with Crippen molar-refractivity contribution in [3.05, 3.63) is 23.2 Å². The Labute approximate surface area is 86.7 Å². The largest absolute Gasteiger partial charge is 0.466 e. The van der Waals surface area contributed by atoms with Crippen molar-refractivity contribution >= 4 is 11.7 Å². The maximum Gasteiger partial charge on any atom is 0.255 e. The topological polar surface area (TPSA) is 101 Å². The van der Waals surface area contributed by atoms with Gasteiger partial charge in [0.05, 0.1) is 12.1 Å². The van der Waals surface area contributed by atoms with Gasteiger partial charge in [-0.15, -0.1) is 0 Å². The quantitative estimate of drug-likeness (QED) is 0.291. The van der Waals surface area contributed by atoms with Crippen molar-refractivity contribution in [3.8, 4) is 0 Å². The average molecular weight is 211 g/mol. The van der Waals surface area contributed by atoms with Gasteiger partial charge in [0.25, 0.3) is 5.91 Å². The standard InChI is InChI=1S/C9H13N3O3/c1-5-3-7(6(2)15-5)9(13)11-4-8(10)12-14/h3,14H,4H2,1-2H3,(H2,10,12)(H,11,13). The molecule has 15 heavy (non-hydrogen) atoms. The van der Waals surface area contributed by atoms with Gasteiger partial charge in [0.2, 0.25) is 0 Å². The Morgan fingerprint density at radius 1 is 1.67 bits per heavy atom. The number of nitrogens with two attached hydrogens (primary N) is 1. The molecule has 0 saturated carbocycles. The van der Waals surface area contributed by atoms with E-state index in [1.807, 2.05) is 0 Å². The molecule has 1 aromatic rings. The number of aryl methyl sites for hydroxylation is 2. The minimum Gasteiger partial charge on any atom is -0.466 e. The number of rotatable bonds is 3. The van der Waals surface area contributed by atoms with Crippen LogP contribution in [0.25, 0.3) is 0 Å². The molecular formula is C9H13N3O3. The molecule has 0 unspecified atom stereocenters. The number of oxime groups is 1. The Kier molecular flexibility index (Phi) is 3.33. The second-order valence-corrected chi connectivity index (χ2v) is 3.10. The lowest BCUT2D eigenvalue weighted by Crippen LogP contribution is -2.33. The molecule has 0 fully saturated rings. The Bertz CT molecular complexity index is 395. The van der Waals surface area contributed by atoms with Crippen LogP contribution in [0.15, 0.2) is 15.6 Å². The molecule has 0 aromatic carbocycles. The van der Waals surface area contributed by atoms with E-state index in [9.17, 15) is 4.79 Å². The monoisotopic (exact) mass is 211 g/mol. The second kappa shape index (κ2) is 4.50. The fourth-order valence-corrected chi connectivity index (χ4v) is 1.16. The summed E-state index contributed by atoms with van der Waals surface area (Å²) in [4.78, 5) is 11.5. The molecular weight excluding hydrogens is 198 g/mol. The lowest BCUT2D eigenvalue weighted by molar-refractivity contribution is 0.0957. The molecule has 6 heteroatoms. The van der Waals surface area contributed by atoms with Crippen molar-refractivity contribution in [2.24, 2.45) is 10.9 Å². The van der Waals surface area contributed by atoms with Gasteiger partial charge in [0.15, 0.2) is 5.84 Å². The summed E-state index contributed by atoms with van der Waals surface area (Å²) in [6.07, 6.45) is 0. The van der Waals surface area contributed by atoms with Gasteiger partial charge in [0.1, 0.15) is 11.5 Å². The van der Waals surface area contributed by atoms with E-state index in [0.717, 1.165) is 0 Å². The van der Waals surface area contributed by atoms with Gasteiger partial charge < -0.3 is 20.7 Å². The van der Waals surface area contributed by atoms with Gasteiger partial charge in [0, 0.05) is 0 Å². The van der Waals surface area contributed by atoms with Crippen LogP contribution in [0.1, 0.15) is 21.9 Å². The highest BCUT2D eigenvalue weighted by molar-refractivity contribution is 5.97. The number of furan rings is 1. The molecule has 82 valence electrons. The van der Waals surface area contributed by atoms with Crippen LogP contribution in [0.3, 0.4) is 0 Å². The first-order valence-electron chi connectivity index (χ1n) is 4.36. The molecule has 1 heterocycles. The maximum absolute atomic E-state index is 11.5. The predicted octanol–water partition coefficient (Wildman–Crippen LogP) is 0.373. The summed E-state index contributed by atoms with van der Waals surface area (Å²) >= 11 is 0. The molecule has 0 spiro atoms. The van der Waals surface area contributed by atoms with E-state index in [4.69, 9.17) is 15.4 Å². The normalized spacial score (nSPS) is 11.5. The van der Waals surface area contributed by atoms with Crippen molar-refractivity contribution in [2.75, 3.05) is 6.54 Å². The number of amidine groups is 1. The van der Waals surface area contributed by atoms with Gasteiger partial charge in [-0.25, -0.2) is 0 Å². The van der Waals surface area contributed by atoms with Crippen LogP contribution >= 0.6 is 0 Å². The van der Waals surface area contributed by atoms with Gasteiger partial charge in [-0.05, 0) is 19.9 Å². The van der Waals surface area contributed by atoms with E-state index >= 15 is 0 Å². The number of nitrogens with one attached hydrogen (secondary N) is 1. The fourth-order valence-electron chi connectivity index (χ4n) is 1.16. The van der Waals surface area contributed by atoms with Crippen LogP contribution in [0, 0.1) is 13.8 Å². The lowest BCUT2D eigenvalue weighted by atomic mass is 10.2. The van der Waals surface area contributed by atoms with Gasteiger partial charge in [-0.1, -0.05) is 5.16 Å². The molecule has 0 aliphatic carbocycles. The lowest BCUT2D eigenvalue weighted by Gasteiger charge is -2.01. The van der Waals surface area contributed by atoms with E-state index < -0.39 is 0 Å². The van der Waals surface area contributed by atoms with Crippen molar-refractivity contribution < 1.29 is 14.4 Å². The summed E-state index contributed by atoms with van der Waals surface area (Å²) in [5, 5.41) is 13.5. The molecule has 0 aliphatic heterocycles. The summed E-state index contributed by atoms with van der Waals surface area (Å²) < 4.78 is 5.20. The number of carbonyl (C=O) groups excluding carboxylic acids is 1. The van der Waals surface area contributed by atoms with E-state index in [0.29, 0.717) is 17.1 Å². The van der Waals surface area contributed by atoms with E-state index in [1.54, 1.807) is 19.9 Å². The summed E-state index contributed by atoms with van der Waals surface area (Å²) in [5.41, 5.74) is 5.66. The van der Waals surface area contributed by atoms with E-state index in [-0.39, 0.29) is 18.3 Å². The number of nitrogens with zero attached hydrogens (tertiary/aromatic N) is 1. The molecule has 1 aromatic heterocycles. The molecule has 0 saturated heterocycles. The first-order chi connectivity index (χ1) is 7.04. The highest BCUT2D eigenvalue weighted by atomic mass is 16.4. The van der Waals surface area contributed by atoms with Crippen molar-refractivity contribution in [1.29, 1.82) is 0 Å². The Morgan fingerprint density at radius 2 is 2.33 bits per heavy atom. The SMILES string of the molecule is Cc1cc(C(=O)NC/C(N)=N/O)c(C)o1. The third-order valence-electron chi connectivity index (χ3n) is 1.84. The van der Waals surface area contributed by atoms with Gasteiger partial charge in [-0.2, -0.15) is 0 Å². The first kappa shape index (κ1) is 11.1. The number of hydrogen-bond acceptors (Lipinski definition) is 4. The zero-order chi connectivity index (χ0) is 11.4. The first-order valence-corrected chi connectivity index (χ1v) is 4.36. The highest BCUT2D eigenvalue weighted by Gasteiger charge is 2.12. The second-order valence-electron chi connectivity index (χ2n) is 3.10. The molecule has 0 bridgehead atoms. The molecule has 1 rings (SSSR count). The summed E-state index contributed by atoms with van der Waals surface area (Å²) in [7, 11) is 0. The third kappa shape index (κ3) is 2.73. The summed E-state index contributed by atoms with van der Waals surface area (Å²) in [6.45, 7) is 3.46. The molecule has 0 atom stereocenters. The smallest absolute Gasteiger partial charge is 0.255 e. The van der Waals surface area contributed by atoms with Crippen LogP contribution in [0.5, 0.6) is 0 Å². The maximum atomic E-state index is 11.5. The van der Waals surface area contributed by atoms with Crippen LogP contribution in [-0.2, 0) is 0 Å². The zero-order valence-electron chi connectivity index (χ0n) is 8.57. The minimum absolute atomic E-state index is 0.000991. The Balaban J connectivity index is 2.66.